The Morgan fingerprint density at radius 3 is 2.62 bits per heavy atom. The normalized spacial score (nSPS) is 21.4. The van der Waals surface area contributed by atoms with Gasteiger partial charge >= 0.3 is 5.97 Å². The Balaban J connectivity index is 2.11. The van der Waals surface area contributed by atoms with Gasteiger partial charge in [-0.1, -0.05) is 12.1 Å². The third-order valence-electron chi connectivity index (χ3n) is 3.92. The maximum Gasteiger partial charge on any atom is 0.307 e. The maximum atomic E-state index is 12.2. The highest BCUT2D eigenvalue weighted by molar-refractivity contribution is 5.89. The van der Waals surface area contributed by atoms with Crippen molar-refractivity contribution in [2.24, 2.45) is 11.8 Å². The first kappa shape index (κ1) is 15.0. The number of aliphatic carboxylic acids is 1. The summed E-state index contributed by atoms with van der Waals surface area (Å²) in [4.78, 5) is 34.7. The van der Waals surface area contributed by atoms with E-state index in [-0.39, 0.29) is 17.6 Å². The Morgan fingerprint density at radius 1 is 1.43 bits per heavy atom. The second-order valence-corrected chi connectivity index (χ2v) is 5.26. The van der Waals surface area contributed by atoms with Crippen molar-refractivity contribution < 1.29 is 19.6 Å². The number of carbonyl (C=O) groups excluding carboxylic acids is 1. The van der Waals surface area contributed by atoms with Crippen LogP contribution in [0.5, 0.6) is 0 Å². The van der Waals surface area contributed by atoms with Crippen molar-refractivity contribution in [3.8, 4) is 0 Å². The fourth-order valence-corrected chi connectivity index (χ4v) is 2.32. The van der Waals surface area contributed by atoms with E-state index < -0.39 is 22.7 Å². The van der Waals surface area contributed by atoms with E-state index in [1.54, 1.807) is 26.1 Å². The van der Waals surface area contributed by atoms with Gasteiger partial charge in [-0.15, -0.1) is 0 Å². The summed E-state index contributed by atoms with van der Waals surface area (Å²) in [5.41, 5.74) is 0.614. The molecule has 1 N–H and O–H groups in total. The molecule has 21 heavy (non-hydrogen) atoms. The fraction of sp³-hybridized carbons (Fsp3) is 0.429. The monoisotopic (exact) mass is 292 g/mol. The number of hydrogen-bond acceptors (Lipinski definition) is 4. The molecule has 7 heteroatoms. The van der Waals surface area contributed by atoms with Crippen LogP contribution in [0.4, 0.5) is 5.69 Å². The van der Waals surface area contributed by atoms with Crippen LogP contribution in [-0.2, 0) is 9.59 Å². The first-order chi connectivity index (χ1) is 9.82. The summed E-state index contributed by atoms with van der Waals surface area (Å²) < 4.78 is 0. The van der Waals surface area contributed by atoms with Crippen LogP contribution in [-0.4, -0.2) is 33.9 Å². The van der Waals surface area contributed by atoms with Crippen LogP contribution < -0.4 is 0 Å². The van der Waals surface area contributed by atoms with Crippen LogP contribution in [0.3, 0.4) is 0 Å². The molecule has 0 radical (unpaired) electrons. The molecule has 0 bridgehead atoms. The van der Waals surface area contributed by atoms with Crippen LogP contribution in [0.25, 0.3) is 0 Å². The number of benzene rings is 1. The number of carboxylic acids is 1. The van der Waals surface area contributed by atoms with Crippen molar-refractivity contribution in [1.82, 2.24) is 4.90 Å². The van der Waals surface area contributed by atoms with Gasteiger partial charge in [0.15, 0.2) is 0 Å². The quantitative estimate of drug-likeness (QED) is 0.659. The SMILES string of the molecule is CC(c1cccc([N+](=O)[O-])c1)N(C)C(=O)[C@@H]1C[C@@H]1C(=O)O. The molecule has 1 aromatic rings. The van der Waals surface area contributed by atoms with Gasteiger partial charge in [0.25, 0.3) is 5.69 Å². The minimum absolute atomic E-state index is 0.0324. The van der Waals surface area contributed by atoms with Crippen molar-refractivity contribution in [2.45, 2.75) is 19.4 Å². The molecular weight excluding hydrogens is 276 g/mol. The third kappa shape index (κ3) is 3.01. The molecule has 0 spiro atoms. The highest BCUT2D eigenvalue weighted by Crippen LogP contribution is 2.41. The first-order valence-electron chi connectivity index (χ1n) is 6.56. The molecule has 1 saturated carbocycles. The predicted octanol–water partition coefficient (Wildman–Crippen LogP) is 1.83. The van der Waals surface area contributed by atoms with E-state index in [1.165, 1.54) is 17.0 Å². The lowest BCUT2D eigenvalue weighted by atomic mass is 10.1. The van der Waals surface area contributed by atoms with Crippen molar-refractivity contribution >= 4 is 17.6 Å². The Hall–Kier alpha value is -2.44. The van der Waals surface area contributed by atoms with Crippen LogP contribution in [0.1, 0.15) is 24.9 Å². The third-order valence-corrected chi connectivity index (χ3v) is 3.92. The molecule has 2 rings (SSSR count). The number of carbonyl (C=O) groups is 2. The minimum Gasteiger partial charge on any atom is -0.481 e. The van der Waals surface area contributed by atoms with E-state index in [4.69, 9.17) is 5.11 Å². The number of hydrogen-bond donors (Lipinski definition) is 1. The van der Waals surface area contributed by atoms with Gasteiger partial charge in [0.05, 0.1) is 22.8 Å². The number of nitrogens with zero attached hydrogens (tertiary/aromatic N) is 2. The van der Waals surface area contributed by atoms with Gasteiger partial charge in [-0.3, -0.25) is 19.7 Å². The van der Waals surface area contributed by atoms with Crippen molar-refractivity contribution in [2.75, 3.05) is 7.05 Å². The molecule has 1 unspecified atom stereocenters. The number of nitro benzene ring substituents is 1. The summed E-state index contributed by atoms with van der Waals surface area (Å²) in [5, 5.41) is 19.6. The van der Waals surface area contributed by atoms with Crippen molar-refractivity contribution in [3.05, 3.63) is 39.9 Å². The molecule has 112 valence electrons. The molecular formula is C14H16N2O5. The standard InChI is InChI=1S/C14H16N2O5/c1-8(9-4-3-5-10(6-9)16(20)21)15(2)13(17)11-7-12(11)14(18)19/h3-6,8,11-12H,7H2,1-2H3,(H,18,19)/t8?,11-,12+/m1/s1. The molecule has 7 nitrogen and oxygen atoms in total. The van der Waals surface area contributed by atoms with Gasteiger partial charge in [-0.25, -0.2) is 0 Å². The van der Waals surface area contributed by atoms with Crippen molar-refractivity contribution in [1.29, 1.82) is 0 Å². The second kappa shape index (κ2) is 5.51. The van der Waals surface area contributed by atoms with E-state index in [2.05, 4.69) is 0 Å². The average molecular weight is 292 g/mol. The summed E-state index contributed by atoms with van der Waals surface area (Å²) >= 11 is 0. The van der Waals surface area contributed by atoms with Gasteiger partial charge < -0.3 is 10.0 Å². The van der Waals surface area contributed by atoms with E-state index >= 15 is 0 Å². The lowest BCUT2D eigenvalue weighted by Gasteiger charge is -2.25. The zero-order valence-corrected chi connectivity index (χ0v) is 11.7. The smallest absolute Gasteiger partial charge is 0.307 e. The average Bonchev–Trinajstić information content (AvgIpc) is 3.25. The summed E-state index contributed by atoms with van der Waals surface area (Å²) in [7, 11) is 1.59. The fourth-order valence-electron chi connectivity index (χ4n) is 2.32. The molecule has 0 aromatic heterocycles. The summed E-state index contributed by atoms with van der Waals surface area (Å²) in [6.45, 7) is 1.76. The number of nitro groups is 1. The second-order valence-electron chi connectivity index (χ2n) is 5.26. The topological polar surface area (TPSA) is 101 Å². The molecule has 1 fully saturated rings. The Labute approximate surface area is 121 Å². The van der Waals surface area contributed by atoms with Gasteiger partial charge in [-0.05, 0) is 18.9 Å². The largest absolute Gasteiger partial charge is 0.481 e. The summed E-state index contributed by atoms with van der Waals surface area (Å²) in [6.07, 6.45) is 0.361. The number of rotatable bonds is 5. The Kier molecular flexibility index (Phi) is 3.93. The molecule has 3 atom stereocenters. The van der Waals surface area contributed by atoms with E-state index in [0.717, 1.165) is 0 Å². The first-order valence-corrected chi connectivity index (χ1v) is 6.56. The van der Waals surface area contributed by atoms with Crippen molar-refractivity contribution in [3.63, 3.8) is 0 Å². The van der Waals surface area contributed by atoms with E-state index in [9.17, 15) is 19.7 Å². The highest BCUT2D eigenvalue weighted by Gasteiger charge is 2.49. The van der Waals surface area contributed by atoms with Gasteiger partial charge in [-0.2, -0.15) is 0 Å². The number of carboxylic acid groups (broad SMARTS) is 1. The molecule has 0 saturated heterocycles. The van der Waals surface area contributed by atoms with Crippen LogP contribution in [0, 0.1) is 22.0 Å². The lowest BCUT2D eigenvalue weighted by molar-refractivity contribution is -0.384. The zero-order valence-electron chi connectivity index (χ0n) is 11.7. The predicted molar refractivity (Wildman–Crippen MR) is 73.5 cm³/mol. The Bertz CT molecular complexity index is 601. The van der Waals surface area contributed by atoms with Gasteiger partial charge in [0.1, 0.15) is 0 Å². The number of amides is 1. The number of non-ortho nitro benzene ring substituents is 1. The molecule has 1 aliphatic rings. The van der Waals surface area contributed by atoms with Gasteiger partial charge in [0, 0.05) is 19.2 Å². The molecule has 1 aliphatic carbocycles. The van der Waals surface area contributed by atoms with E-state index in [1.807, 2.05) is 0 Å². The molecule has 1 amide bonds. The van der Waals surface area contributed by atoms with Crippen LogP contribution >= 0.6 is 0 Å². The molecule has 0 heterocycles. The minimum atomic E-state index is -0.954. The highest BCUT2D eigenvalue weighted by atomic mass is 16.6. The van der Waals surface area contributed by atoms with E-state index in [0.29, 0.717) is 12.0 Å². The molecule has 0 aliphatic heterocycles. The maximum absolute atomic E-state index is 12.2. The molecule has 1 aromatic carbocycles. The summed E-state index contributed by atoms with van der Waals surface area (Å²) in [6, 6.07) is 5.74. The zero-order chi connectivity index (χ0) is 15.7. The lowest BCUT2D eigenvalue weighted by Crippen LogP contribution is -2.31. The Morgan fingerprint density at radius 2 is 2.10 bits per heavy atom. The van der Waals surface area contributed by atoms with Crippen LogP contribution in [0.15, 0.2) is 24.3 Å². The summed E-state index contributed by atoms with van der Waals surface area (Å²) in [5.74, 6) is -2.27. The van der Waals surface area contributed by atoms with Crippen LogP contribution in [0.2, 0.25) is 0 Å². The van der Waals surface area contributed by atoms with Gasteiger partial charge in [0.2, 0.25) is 5.91 Å².